The molecule has 18 heavy (non-hydrogen) atoms. The molecule has 2 aliphatic rings. The molecule has 100 valence electrons. The highest BCUT2D eigenvalue weighted by Crippen LogP contribution is 2.53. The second kappa shape index (κ2) is 5.22. The first-order chi connectivity index (χ1) is 8.54. The second-order valence-electron chi connectivity index (χ2n) is 5.61. The first-order valence-electron chi connectivity index (χ1n) is 6.65. The van der Waals surface area contributed by atoms with E-state index in [0.717, 1.165) is 19.3 Å². The molecule has 5 atom stereocenters. The molecule has 1 amide bonds. The van der Waals surface area contributed by atoms with Crippen LogP contribution in [-0.2, 0) is 9.59 Å². The third kappa shape index (κ3) is 2.34. The van der Waals surface area contributed by atoms with Crippen molar-refractivity contribution in [3.8, 4) is 0 Å². The van der Waals surface area contributed by atoms with E-state index in [4.69, 9.17) is 5.73 Å². The van der Waals surface area contributed by atoms with E-state index in [1.807, 2.05) is 0 Å². The number of primary amides is 1. The Kier molecular flexibility index (Phi) is 3.85. The summed E-state index contributed by atoms with van der Waals surface area (Å²) in [5.41, 5.74) is 5.15. The lowest BCUT2D eigenvalue weighted by atomic mass is 9.63. The van der Waals surface area contributed by atoms with Crippen LogP contribution < -0.4 is 5.73 Å². The van der Waals surface area contributed by atoms with E-state index in [2.05, 4.69) is 6.58 Å². The highest BCUT2D eigenvalue weighted by Gasteiger charge is 2.54. The highest BCUT2D eigenvalue weighted by molar-refractivity contribution is 5.90. The number of Topliss-reactive ketones (excluding diaryl/α,β-unsaturated/α-hetero) is 1. The summed E-state index contributed by atoms with van der Waals surface area (Å²) in [5, 5.41) is 10.1. The molecule has 2 aliphatic carbocycles. The summed E-state index contributed by atoms with van der Waals surface area (Å²) >= 11 is 0. The summed E-state index contributed by atoms with van der Waals surface area (Å²) in [7, 11) is 0. The third-order valence-corrected chi connectivity index (χ3v) is 4.53. The van der Waals surface area contributed by atoms with E-state index in [9.17, 15) is 14.7 Å². The van der Waals surface area contributed by atoms with Crippen LogP contribution in [0.15, 0.2) is 12.7 Å². The van der Waals surface area contributed by atoms with E-state index in [1.54, 1.807) is 6.08 Å². The van der Waals surface area contributed by atoms with Gasteiger partial charge >= 0.3 is 0 Å². The van der Waals surface area contributed by atoms with Gasteiger partial charge in [0.2, 0.25) is 5.91 Å². The molecule has 0 radical (unpaired) electrons. The molecule has 5 unspecified atom stereocenters. The van der Waals surface area contributed by atoms with Gasteiger partial charge in [-0.1, -0.05) is 6.08 Å². The van der Waals surface area contributed by atoms with E-state index >= 15 is 0 Å². The molecule has 2 saturated carbocycles. The lowest BCUT2D eigenvalue weighted by Gasteiger charge is -2.42. The van der Waals surface area contributed by atoms with Crippen molar-refractivity contribution < 1.29 is 14.7 Å². The maximum absolute atomic E-state index is 12.0. The molecular formula is C14H21NO3. The molecule has 0 aromatic heterocycles. The van der Waals surface area contributed by atoms with Gasteiger partial charge in [-0.15, -0.1) is 6.58 Å². The Labute approximate surface area is 107 Å². The van der Waals surface area contributed by atoms with Crippen molar-refractivity contribution in [3.05, 3.63) is 12.7 Å². The number of carbonyl (C=O) groups is 2. The van der Waals surface area contributed by atoms with Crippen LogP contribution in [0.3, 0.4) is 0 Å². The zero-order valence-electron chi connectivity index (χ0n) is 10.5. The van der Waals surface area contributed by atoms with Crippen LogP contribution in [0.1, 0.15) is 32.1 Å². The average Bonchev–Trinajstić information content (AvgIpc) is 2.50. The van der Waals surface area contributed by atoms with E-state index in [0.29, 0.717) is 6.42 Å². The summed E-state index contributed by atoms with van der Waals surface area (Å²) in [5.74, 6) is 0.134. The Bertz CT molecular complexity index is 366. The monoisotopic (exact) mass is 251 g/mol. The molecule has 0 heterocycles. The Balaban J connectivity index is 1.90. The van der Waals surface area contributed by atoms with Gasteiger partial charge in [-0.25, -0.2) is 0 Å². The minimum Gasteiger partial charge on any atom is -0.393 e. The number of ketones is 1. The fraction of sp³-hybridized carbons (Fsp3) is 0.714. The van der Waals surface area contributed by atoms with Crippen molar-refractivity contribution >= 4 is 11.7 Å². The van der Waals surface area contributed by atoms with Gasteiger partial charge in [0.15, 0.2) is 0 Å². The van der Waals surface area contributed by atoms with Crippen molar-refractivity contribution in [1.82, 2.24) is 0 Å². The van der Waals surface area contributed by atoms with Crippen LogP contribution >= 0.6 is 0 Å². The molecule has 3 N–H and O–H groups in total. The lowest BCUT2D eigenvalue weighted by molar-refractivity contribution is -0.132. The molecule has 0 saturated heterocycles. The van der Waals surface area contributed by atoms with E-state index < -0.39 is 5.91 Å². The number of amides is 1. The van der Waals surface area contributed by atoms with Crippen LogP contribution in [0.4, 0.5) is 0 Å². The molecular weight excluding hydrogens is 230 g/mol. The van der Waals surface area contributed by atoms with Gasteiger partial charge < -0.3 is 10.8 Å². The molecule has 2 fully saturated rings. The van der Waals surface area contributed by atoms with Gasteiger partial charge in [-0.05, 0) is 37.5 Å². The fourth-order valence-electron chi connectivity index (χ4n) is 3.53. The van der Waals surface area contributed by atoms with Crippen LogP contribution in [0.25, 0.3) is 0 Å². The molecule has 2 rings (SSSR count). The minimum atomic E-state index is -0.404. The average molecular weight is 251 g/mol. The van der Waals surface area contributed by atoms with E-state index in [-0.39, 0.29) is 42.0 Å². The first kappa shape index (κ1) is 13.3. The van der Waals surface area contributed by atoms with Gasteiger partial charge in [0.25, 0.3) is 0 Å². The van der Waals surface area contributed by atoms with E-state index in [1.165, 1.54) is 0 Å². The number of rotatable bonds is 6. The Morgan fingerprint density at radius 3 is 2.89 bits per heavy atom. The number of fused-ring (bicyclic) bond motifs is 1. The van der Waals surface area contributed by atoms with Gasteiger partial charge in [-0.3, -0.25) is 9.59 Å². The summed E-state index contributed by atoms with van der Waals surface area (Å²) in [6.07, 6.45) is 4.64. The predicted molar refractivity (Wildman–Crippen MR) is 67.5 cm³/mol. The number of allylic oxidation sites excluding steroid dienone is 1. The predicted octanol–water partition coefficient (Wildman–Crippen LogP) is 1.03. The summed E-state index contributed by atoms with van der Waals surface area (Å²) in [6, 6.07) is 0. The summed E-state index contributed by atoms with van der Waals surface area (Å²) < 4.78 is 0. The van der Waals surface area contributed by atoms with Gasteiger partial charge in [-0.2, -0.15) is 0 Å². The summed E-state index contributed by atoms with van der Waals surface area (Å²) in [6.45, 7) is 3.64. The van der Waals surface area contributed by atoms with Crippen LogP contribution in [0.2, 0.25) is 0 Å². The smallest absolute Gasteiger partial charge is 0.218 e. The zero-order chi connectivity index (χ0) is 13.3. The molecule has 0 spiro atoms. The van der Waals surface area contributed by atoms with Gasteiger partial charge in [0, 0.05) is 18.3 Å². The third-order valence-electron chi connectivity index (χ3n) is 4.53. The van der Waals surface area contributed by atoms with Crippen molar-refractivity contribution in [2.24, 2.45) is 29.4 Å². The van der Waals surface area contributed by atoms with Crippen molar-refractivity contribution in [2.45, 2.75) is 38.2 Å². The number of hydrogen-bond acceptors (Lipinski definition) is 3. The van der Waals surface area contributed by atoms with Gasteiger partial charge in [0.1, 0.15) is 5.78 Å². The Morgan fingerprint density at radius 2 is 2.28 bits per heavy atom. The maximum atomic E-state index is 12.0. The topological polar surface area (TPSA) is 80.4 Å². The number of nitrogens with two attached hydrogens (primary N) is 1. The molecule has 0 aromatic rings. The normalized spacial score (nSPS) is 35.7. The maximum Gasteiger partial charge on any atom is 0.218 e. The fourth-order valence-corrected chi connectivity index (χ4v) is 3.53. The van der Waals surface area contributed by atoms with Gasteiger partial charge in [0.05, 0.1) is 6.10 Å². The molecule has 0 bridgehead atoms. The molecule has 4 nitrogen and oxygen atoms in total. The number of hydrogen-bond donors (Lipinski definition) is 2. The minimum absolute atomic E-state index is 0.0673. The second-order valence-corrected chi connectivity index (χ2v) is 5.61. The van der Waals surface area contributed by atoms with Crippen LogP contribution in [0.5, 0.6) is 0 Å². The van der Waals surface area contributed by atoms with Crippen LogP contribution in [0, 0.1) is 23.7 Å². The zero-order valence-corrected chi connectivity index (χ0v) is 10.5. The number of aliphatic hydroxyl groups is 1. The van der Waals surface area contributed by atoms with Crippen LogP contribution in [-0.4, -0.2) is 22.9 Å². The summed E-state index contributed by atoms with van der Waals surface area (Å²) in [4.78, 5) is 22.9. The standard InChI is InChI=1S/C14H21NO3/c1-2-3-4-12(16)10-7-11-9(10)5-8(14(11)18)6-13(15)17/h2,8-12,16H,1,3-7H2,(H2,15,17). The molecule has 0 aromatic carbocycles. The molecule has 0 aliphatic heterocycles. The van der Waals surface area contributed by atoms with Crippen molar-refractivity contribution in [1.29, 1.82) is 0 Å². The number of aliphatic hydroxyl groups excluding tert-OH is 1. The highest BCUT2D eigenvalue weighted by atomic mass is 16.3. The Hall–Kier alpha value is -1.16. The SMILES string of the molecule is C=CCCC(O)C1CC2C(=O)C(CC(N)=O)CC21. The Morgan fingerprint density at radius 1 is 1.56 bits per heavy atom. The molecule has 4 heteroatoms. The van der Waals surface area contributed by atoms with Crippen molar-refractivity contribution in [2.75, 3.05) is 0 Å². The number of carbonyl (C=O) groups excluding carboxylic acids is 2. The van der Waals surface area contributed by atoms with Crippen molar-refractivity contribution in [3.63, 3.8) is 0 Å². The largest absolute Gasteiger partial charge is 0.393 e. The first-order valence-corrected chi connectivity index (χ1v) is 6.65. The quantitative estimate of drug-likeness (QED) is 0.692. The lowest BCUT2D eigenvalue weighted by Crippen LogP contribution is -2.42.